The molecule has 2 aliphatic rings. The van der Waals surface area contributed by atoms with Crippen LogP contribution in [0, 0.1) is 11.8 Å². The van der Waals surface area contributed by atoms with Gasteiger partial charge < -0.3 is 20.8 Å². The number of carbonyl (C=O) groups excluding carboxylic acids is 1. The Morgan fingerprint density at radius 2 is 2.03 bits per heavy atom. The number of carboxylic acids is 1. The Morgan fingerprint density at radius 1 is 1.27 bits per heavy atom. The predicted molar refractivity (Wildman–Crippen MR) is 116 cm³/mol. The highest BCUT2D eigenvalue weighted by molar-refractivity contribution is 8.01. The van der Waals surface area contributed by atoms with Gasteiger partial charge in [-0.15, -0.1) is 0 Å². The maximum absolute atomic E-state index is 12.5. The van der Waals surface area contributed by atoms with Gasteiger partial charge in [-0.1, -0.05) is 17.8 Å². The van der Waals surface area contributed by atoms with Gasteiger partial charge in [0, 0.05) is 23.4 Å². The maximum atomic E-state index is 12.5. The third-order valence-electron chi connectivity index (χ3n) is 6.08. The van der Waals surface area contributed by atoms with Crippen molar-refractivity contribution in [3.63, 3.8) is 0 Å². The lowest BCUT2D eigenvalue weighted by Crippen LogP contribution is -2.39. The quantitative estimate of drug-likeness (QED) is 0.569. The minimum atomic E-state index is -1.10. The summed E-state index contributed by atoms with van der Waals surface area (Å²) >= 11 is 1.68. The van der Waals surface area contributed by atoms with Gasteiger partial charge in [-0.25, -0.2) is 4.79 Å². The lowest BCUT2D eigenvalue weighted by molar-refractivity contribution is 0.0698. The number of anilines is 2. The first-order chi connectivity index (χ1) is 14.4. The van der Waals surface area contributed by atoms with Crippen LogP contribution >= 0.6 is 11.8 Å². The lowest BCUT2D eigenvalue weighted by Gasteiger charge is -2.38. The number of aliphatic hydroxyl groups is 1. The molecule has 1 aromatic carbocycles. The number of carboxylic acid groups (broad SMARTS) is 1. The zero-order chi connectivity index (χ0) is 21.3. The fourth-order valence-electron chi connectivity index (χ4n) is 4.33. The standard InChI is InChI=1S/C22H25N3O4S/c1-22(14-7-5-13(12-26)6-8-14)25-18-10-15(21(28)29)17(11-19(18)30-22)24-20(27)16-4-2-3-9-23-16/h2-4,9-11,13-14,25-26H,5-8,12H2,1H3,(H,24,27)(H,28,29). The summed E-state index contributed by atoms with van der Waals surface area (Å²) in [5.74, 6) is -0.750. The summed E-state index contributed by atoms with van der Waals surface area (Å²) in [4.78, 5) is 29.1. The lowest BCUT2D eigenvalue weighted by atomic mass is 9.79. The largest absolute Gasteiger partial charge is 0.478 e. The Labute approximate surface area is 179 Å². The molecule has 1 atom stereocenters. The molecule has 1 aromatic heterocycles. The van der Waals surface area contributed by atoms with Crippen molar-refractivity contribution in [1.29, 1.82) is 0 Å². The van der Waals surface area contributed by atoms with Crippen LogP contribution in [0.1, 0.15) is 53.5 Å². The average molecular weight is 428 g/mol. The molecule has 1 aliphatic heterocycles. The van der Waals surface area contributed by atoms with Crippen molar-refractivity contribution < 1.29 is 19.8 Å². The highest BCUT2D eigenvalue weighted by Crippen LogP contribution is 2.53. The van der Waals surface area contributed by atoms with Crippen LogP contribution in [0.2, 0.25) is 0 Å². The number of fused-ring (bicyclic) bond motifs is 1. The number of pyridine rings is 1. The first kappa shape index (κ1) is 20.7. The predicted octanol–water partition coefficient (Wildman–Crippen LogP) is 4.06. The number of benzene rings is 1. The van der Waals surface area contributed by atoms with E-state index in [0.29, 0.717) is 11.8 Å². The van der Waals surface area contributed by atoms with Crippen LogP contribution in [-0.2, 0) is 0 Å². The summed E-state index contributed by atoms with van der Waals surface area (Å²) < 4.78 is 0. The highest BCUT2D eigenvalue weighted by Gasteiger charge is 2.42. The summed E-state index contributed by atoms with van der Waals surface area (Å²) in [6.45, 7) is 2.39. The van der Waals surface area contributed by atoms with E-state index in [4.69, 9.17) is 0 Å². The van der Waals surface area contributed by atoms with E-state index in [1.54, 1.807) is 42.1 Å². The number of hydrogen-bond donors (Lipinski definition) is 4. The molecule has 1 fully saturated rings. The van der Waals surface area contributed by atoms with Crippen LogP contribution in [0.3, 0.4) is 0 Å². The van der Waals surface area contributed by atoms with Crippen molar-refractivity contribution in [2.75, 3.05) is 17.2 Å². The number of nitrogens with one attached hydrogen (secondary N) is 2. The highest BCUT2D eigenvalue weighted by atomic mass is 32.2. The molecule has 1 aliphatic carbocycles. The van der Waals surface area contributed by atoms with E-state index >= 15 is 0 Å². The van der Waals surface area contributed by atoms with Crippen LogP contribution in [-0.4, -0.2) is 38.6 Å². The maximum Gasteiger partial charge on any atom is 0.337 e. The Balaban J connectivity index is 1.57. The number of carbonyl (C=O) groups is 2. The minimum Gasteiger partial charge on any atom is -0.478 e. The van der Waals surface area contributed by atoms with E-state index in [1.165, 1.54) is 6.20 Å². The molecule has 2 aromatic rings. The van der Waals surface area contributed by atoms with Gasteiger partial charge in [-0.3, -0.25) is 9.78 Å². The van der Waals surface area contributed by atoms with Crippen LogP contribution in [0.4, 0.5) is 11.4 Å². The molecule has 0 bridgehead atoms. The number of thioether (sulfide) groups is 1. The number of rotatable bonds is 5. The number of amides is 1. The second-order valence-electron chi connectivity index (χ2n) is 8.10. The van der Waals surface area contributed by atoms with E-state index in [1.807, 2.05) is 0 Å². The molecule has 1 saturated carbocycles. The SMILES string of the molecule is CC1(C2CCC(CO)CC2)Nc2cc(C(=O)O)c(NC(=O)c3ccccn3)cc2S1. The van der Waals surface area contributed by atoms with Gasteiger partial charge in [-0.2, -0.15) is 0 Å². The van der Waals surface area contributed by atoms with E-state index in [2.05, 4.69) is 22.5 Å². The summed E-state index contributed by atoms with van der Waals surface area (Å²) in [5, 5.41) is 25.3. The van der Waals surface area contributed by atoms with Gasteiger partial charge in [0.1, 0.15) is 5.69 Å². The topological polar surface area (TPSA) is 112 Å². The molecule has 158 valence electrons. The van der Waals surface area contributed by atoms with E-state index in [0.717, 1.165) is 36.3 Å². The first-order valence-corrected chi connectivity index (χ1v) is 10.9. The van der Waals surface area contributed by atoms with E-state index < -0.39 is 11.9 Å². The first-order valence-electron chi connectivity index (χ1n) is 10.1. The second-order valence-corrected chi connectivity index (χ2v) is 9.59. The zero-order valence-electron chi connectivity index (χ0n) is 16.7. The molecular weight excluding hydrogens is 402 g/mol. The third kappa shape index (κ3) is 4.02. The fourth-order valence-corrected chi connectivity index (χ4v) is 5.75. The number of aromatic nitrogens is 1. The van der Waals surface area contributed by atoms with Gasteiger partial charge in [0.25, 0.3) is 5.91 Å². The number of nitrogens with zero attached hydrogens (tertiary/aromatic N) is 1. The molecule has 2 heterocycles. The van der Waals surface area contributed by atoms with Crippen molar-refractivity contribution in [2.24, 2.45) is 11.8 Å². The third-order valence-corrected chi connectivity index (χ3v) is 7.50. The van der Waals surface area contributed by atoms with Crippen molar-refractivity contribution >= 4 is 35.0 Å². The fraction of sp³-hybridized carbons (Fsp3) is 0.409. The molecule has 8 heteroatoms. The van der Waals surface area contributed by atoms with Crippen LogP contribution < -0.4 is 10.6 Å². The Bertz CT molecular complexity index is 960. The Morgan fingerprint density at radius 3 is 2.67 bits per heavy atom. The van der Waals surface area contributed by atoms with Crippen molar-refractivity contribution in [1.82, 2.24) is 4.98 Å². The summed E-state index contributed by atoms with van der Waals surface area (Å²) in [6.07, 6.45) is 5.56. The summed E-state index contributed by atoms with van der Waals surface area (Å²) in [7, 11) is 0. The Kier molecular flexibility index (Phi) is 5.71. The van der Waals surface area contributed by atoms with Crippen LogP contribution in [0.15, 0.2) is 41.4 Å². The molecule has 0 spiro atoms. The van der Waals surface area contributed by atoms with Gasteiger partial charge in [0.05, 0.1) is 16.1 Å². The monoisotopic (exact) mass is 427 g/mol. The van der Waals surface area contributed by atoms with Crippen molar-refractivity contribution in [3.05, 3.63) is 47.8 Å². The molecular formula is C22H25N3O4S. The van der Waals surface area contributed by atoms with Crippen LogP contribution in [0.25, 0.3) is 0 Å². The van der Waals surface area contributed by atoms with Gasteiger partial charge in [0.15, 0.2) is 0 Å². The number of aromatic carboxylic acids is 1. The van der Waals surface area contributed by atoms with E-state index in [9.17, 15) is 19.8 Å². The minimum absolute atomic E-state index is 0.0411. The molecule has 4 N–H and O–H groups in total. The van der Waals surface area contributed by atoms with Gasteiger partial charge in [0.2, 0.25) is 0 Å². The molecule has 0 saturated heterocycles. The number of aliphatic hydroxyl groups excluding tert-OH is 1. The molecule has 30 heavy (non-hydrogen) atoms. The molecule has 7 nitrogen and oxygen atoms in total. The van der Waals surface area contributed by atoms with Crippen LogP contribution in [0.5, 0.6) is 0 Å². The number of hydrogen-bond acceptors (Lipinski definition) is 6. The van der Waals surface area contributed by atoms with Gasteiger partial charge >= 0.3 is 5.97 Å². The summed E-state index contributed by atoms with van der Waals surface area (Å²) in [6, 6.07) is 8.34. The molecule has 4 rings (SSSR count). The molecule has 1 unspecified atom stereocenters. The molecule has 1 amide bonds. The average Bonchev–Trinajstić information content (AvgIpc) is 3.10. The van der Waals surface area contributed by atoms with E-state index in [-0.39, 0.29) is 28.4 Å². The molecule has 0 radical (unpaired) electrons. The second kappa shape index (κ2) is 8.28. The van der Waals surface area contributed by atoms with Crippen molar-refractivity contribution in [2.45, 2.75) is 42.4 Å². The van der Waals surface area contributed by atoms with Gasteiger partial charge in [-0.05, 0) is 68.7 Å². The zero-order valence-corrected chi connectivity index (χ0v) is 17.5. The smallest absolute Gasteiger partial charge is 0.337 e. The van der Waals surface area contributed by atoms with Crippen molar-refractivity contribution in [3.8, 4) is 0 Å². The summed E-state index contributed by atoms with van der Waals surface area (Å²) in [5.41, 5.74) is 1.31. The normalized spacial score (nSPS) is 25.3. The Hall–Kier alpha value is -2.58.